The van der Waals surface area contributed by atoms with Crippen LogP contribution in [0.4, 0.5) is 4.79 Å². The molecule has 0 aliphatic carbocycles. The third-order valence-electron chi connectivity index (χ3n) is 2.02. The second kappa shape index (κ2) is 5.66. The minimum Gasteiger partial charge on any atom is -0.444 e. The van der Waals surface area contributed by atoms with E-state index in [4.69, 9.17) is 4.74 Å². The number of ether oxygens (including phenoxy) is 1. The van der Waals surface area contributed by atoms with Gasteiger partial charge in [-0.25, -0.2) is 4.79 Å². The average molecular weight is 253 g/mol. The van der Waals surface area contributed by atoms with E-state index in [1.54, 1.807) is 44.8 Å². The molecule has 0 atom stereocenters. The maximum absolute atomic E-state index is 11.7. The van der Waals surface area contributed by atoms with Crippen molar-refractivity contribution in [1.82, 2.24) is 15.1 Å². The summed E-state index contributed by atoms with van der Waals surface area (Å²) in [4.78, 5) is 23.0. The van der Waals surface area contributed by atoms with Crippen molar-refractivity contribution in [2.24, 2.45) is 7.05 Å². The van der Waals surface area contributed by atoms with Gasteiger partial charge in [0.05, 0.1) is 0 Å². The molecule has 0 bridgehead atoms. The van der Waals surface area contributed by atoms with Crippen LogP contribution in [0.1, 0.15) is 37.7 Å². The highest BCUT2D eigenvalue weighted by atomic mass is 16.6. The molecule has 1 rings (SSSR count). The molecule has 0 aromatic carbocycles. The van der Waals surface area contributed by atoms with E-state index in [1.165, 1.54) is 0 Å². The van der Waals surface area contributed by atoms with Crippen molar-refractivity contribution in [2.75, 3.05) is 6.54 Å². The lowest BCUT2D eigenvalue weighted by Crippen LogP contribution is -2.33. The summed E-state index contributed by atoms with van der Waals surface area (Å²) in [5.74, 6) is -0.105. The lowest BCUT2D eigenvalue weighted by atomic mass is 10.2. The van der Waals surface area contributed by atoms with E-state index in [1.807, 2.05) is 0 Å². The first kappa shape index (κ1) is 14.2. The van der Waals surface area contributed by atoms with Crippen molar-refractivity contribution in [2.45, 2.75) is 32.8 Å². The summed E-state index contributed by atoms with van der Waals surface area (Å²) >= 11 is 0. The first-order chi connectivity index (χ1) is 8.28. The van der Waals surface area contributed by atoms with Gasteiger partial charge in [-0.3, -0.25) is 9.48 Å². The zero-order valence-corrected chi connectivity index (χ0v) is 11.2. The summed E-state index contributed by atoms with van der Waals surface area (Å²) in [6.45, 7) is 5.59. The van der Waals surface area contributed by atoms with Crippen LogP contribution in [-0.4, -0.2) is 33.8 Å². The zero-order chi connectivity index (χ0) is 13.8. The van der Waals surface area contributed by atoms with Crippen LogP contribution in [0.5, 0.6) is 0 Å². The van der Waals surface area contributed by atoms with Crippen LogP contribution in [0.3, 0.4) is 0 Å². The van der Waals surface area contributed by atoms with Gasteiger partial charge in [-0.15, -0.1) is 0 Å². The molecule has 6 nitrogen and oxygen atoms in total. The number of alkyl carbamates (subject to hydrolysis) is 1. The predicted molar refractivity (Wildman–Crippen MR) is 66.4 cm³/mol. The van der Waals surface area contributed by atoms with Gasteiger partial charge in [-0.2, -0.15) is 5.10 Å². The van der Waals surface area contributed by atoms with Crippen LogP contribution >= 0.6 is 0 Å². The van der Waals surface area contributed by atoms with E-state index >= 15 is 0 Å². The number of hydrogen-bond acceptors (Lipinski definition) is 4. The number of nitrogens with one attached hydrogen (secondary N) is 1. The van der Waals surface area contributed by atoms with Crippen LogP contribution in [-0.2, 0) is 11.8 Å². The fraction of sp³-hybridized carbons (Fsp3) is 0.583. The number of aromatic nitrogens is 2. The van der Waals surface area contributed by atoms with Crippen LogP contribution in [0.25, 0.3) is 0 Å². The van der Waals surface area contributed by atoms with Crippen LogP contribution in [0.2, 0.25) is 0 Å². The van der Waals surface area contributed by atoms with Gasteiger partial charge in [0.2, 0.25) is 0 Å². The first-order valence-corrected chi connectivity index (χ1v) is 5.77. The molecule has 0 spiro atoms. The second-order valence-corrected chi connectivity index (χ2v) is 4.98. The topological polar surface area (TPSA) is 73.2 Å². The van der Waals surface area contributed by atoms with Crippen LogP contribution in [0.15, 0.2) is 12.3 Å². The predicted octanol–water partition coefficient (Wildman–Crippen LogP) is 1.52. The molecule has 0 aliphatic heterocycles. The molecule has 1 aromatic heterocycles. The quantitative estimate of drug-likeness (QED) is 0.826. The fourth-order valence-electron chi connectivity index (χ4n) is 1.28. The van der Waals surface area contributed by atoms with E-state index < -0.39 is 11.7 Å². The Morgan fingerprint density at radius 2 is 2.11 bits per heavy atom. The Labute approximate surface area is 106 Å². The molecule has 0 aliphatic rings. The van der Waals surface area contributed by atoms with Gasteiger partial charge < -0.3 is 10.1 Å². The highest BCUT2D eigenvalue weighted by Gasteiger charge is 2.16. The molecule has 1 N–H and O–H groups in total. The third-order valence-corrected chi connectivity index (χ3v) is 2.02. The Bertz CT molecular complexity index is 432. The molecular weight excluding hydrogens is 234 g/mol. The number of ketones is 1. The van der Waals surface area contributed by atoms with Gasteiger partial charge in [0.15, 0.2) is 5.78 Å². The molecule has 100 valence electrons. The third kappa shape index (κ3) is 4.99. The maximum atomic E-state index is 11.7. The number of amides is 1. The number of Topliss-reactive ketones (excluding diaryl/α,β-unsaturated/α-hetero) is 1. The molecule has 0 radical (unpaired) electrons. The minimum atomic E-state index is -0.533. The lowest BCUT2D eigenvalue weighted by molar-refractivity contribution is 0.0527. The Morgan fingerprint density at radius 3 is 2.61 bits per heavy atom. The number of hydrogen-bond donors (Lipinski definition) is 1. The standard InChI is InChI=1S/C12H19N3O3/c1-12(2,3)18-11(17)13-7-5-10(16)9-6-8-15(4)14-9/h6,8H,5,7H2,1-4H3,(H,13,17). The van der Waals surface area contributed by atoms with Crippen molar-refractivity contribution in [3.63, 3.8) is 0 Å². The van der Waals surface area contributed by atoms with Crippen LogP contribution < -0.4 is 5.32 Å². The van der Waals surface area contributed by atoms with Crippen molar-refractivity contribution >= 4 is 11.9 Å². The molecule has 0 fully saturated rings. The van der Waals surface area contributed by atoms with Crippen molar-refractivity contribution in [3.8, 4) is 0 Å². The van der Waals surface area contributed by atoms with Crippen molar-refractivity contribution < 1.29 is 14.3 Å². The summed E-state index contributed by atoms with van der Waals surface area (Å²) in [7, 11) is 1.75. The van der Waals surface area contributed by atoms with Gasteiger partial charge in [0.25, 0.3) is 0 Å². The van der Waals surface area contributed by atoms with E-state index in [9.17, 15) is 9.59 Å². The number of rotatable bonds is 4. The summed E-state index contributed by atoms with van der Waals surface area (Å²) < 4.78 is 6.61. The molecular formula is C12H19N3O3. The molecule has 1 amide bonds. The minimum absolute atomic E-state index is 0.105. The highest BCUT2D eigenvalue weighted by molar-refractivity contribution is 5.94. The van der Waals surface area contributed by atoms with E-state index in [0.29, 0.717) is 5.69 Å². The molecule has 0 saturated carbocycles. The Hall–Kier alpha value is -1.85. The van der Waals surface area contributed by atoms with Gasteiger partial charge in [0, 0.05) is 26.2 Å². The smallest absolute Gasteiger partial charge is 0.407 e. The fourth-order valence-corrected chi connectivity index (χ4v) is 1.28. The largest absolute Gasteiger partial charge is 0.444 e. The van der Waals surface area contributed by atoms with Gasteiger partial charge >= 0.3 is 6.09 Å². The van der Waals surface area contributed by atoms with Gasteiger partial charge in [-0.1, -0.05) is 0 Å². The molecule has 1 heterocycles. The van der Waals surface area contributed by atoms with E-state index in [2.05, 4.69) is 10.4 Å². The summed E-state index contributed by atoms with van der Waals surface area (Å²) in [6.07, 6.45) is 1.39. The summed E-state index contributed by atoms with van der Waals surface area (Å²) in [5, 5.41) is 6.52. The number of carbonyl (C=O) groups is 2. The second-order valence-electron chi connectivity index (χ2n) is 4.98. The highest BCUT2D eigenvalue weighted by Crippen LogP contribution is 2.06. The lowest BCUT2D eigenvalue weighted by Gasteiger charge is -2.19. The average Bonchev–Trinajstić information content (AvgIpc) is 2.62. The Morgan fingerprint density at radius 1 is 1.44 bits per heavy atom. The Kier molecular flexibility index (Phi) is 4.47. The monoisotopic (exact) mass is 253 g/mol. The zero-order valence-electron chi connectivity index (χ0n) is 11.2. The number of carbonyl (C=O) groups excluding carboxylic acids is 2. The summed E-state index contributed by atoms with van der Waals surface area (Å²) in [6, 6.07) is 1.65. The van der Waals surface area contributed by atoms with Gasteiger partial charge in [-0.05, 0) is 26.8 Å². The molecule has 0 unspecified atom stereocenters. The van der Waals surface area contributed by atoms with Crippen molar-refractivity contribution in [3.05, 3.63) is 18.0 Å². The van der Waals surface area contributed by atoms with E-state index in [0.717, 1.165) is 0 Å². The molecule has 6 heteroatoms. The normalized spacial score (nSPS) is 11.1. The number of aryl methyl sites for hydroxylation is 1. The maximum Gasteiger partial charge on any atom is 0.407 e. The van der Waals surface area contributed by atoms with Crippen LogP contribution in [0, 0.1) is 0 Å². The van der Waals surface area contributed by atoms with Gasteiger partial charge in [0.1, 0.15) is 11.3 Å². The van der Waals surface area contributed by atoms with Crippen molar-refractivity contribution in [1.29, 1.82) is 0 Å². The SMILES string of the molecule is Cn1ccc(C(=O)CCNC(=O)OC(C)(C)C)n1. The molecule has 1 aromatic rings. The summed E-state index contributed by atoms with van der Waals surface area (Å²) in [5.41, 5.74) is -0.127. The molecule has 0 saturated heterocycles. The molecule has 18 heavy (non-hydrogen) atoms. The Balaban J connectivity index is 2.30. The first-order valence-electron chi connectivity index (χ1n) is 5.77. The van der Waals surface area contributed by atoms with E-state index in [-0.39, 0.29) is 18.7 Å². The number of nitrogens with zero attached hydrogens (tertiary/aromatic N) is 2.